The van der Waals surface area contributed by atoms with Gasteiger partial charge in [0.15, 0.2) is 11.5 Å². The molecular weight excluding hydrogens is 318 g/mol. The van der Waals surface area contributed by atoms with Gasteiger partial charge < -0.3 is 9.84 Å². The number of carbonyl (C=O) groups is 1. The summed E-state index contributed by atoms with van der Waals surface area (Å²) in [5.74, 6) is -0.820. The largest absolute Gasteiger partial charge is 0.504 e. The molecule has 0 aliphatic heterocycles. The van der Waals surface area contributed by atoms with Crippen LogP contribution in [0, 0.1) is 17.0 Å². The van der Waals surface area contributed by atoms with Crippen LogP contribution in [-0.4, -0.2) is 39.0 Å². The van der Waals surface area contributed by atoms with E-state index >= 15 is 0 Å². The van der Waals surface area contributed by atoms with E-state index in [9.17, 15) is 20.0 Å². The Kier molecular flexibility index (Phi) is 5.09. The number of hydrogen-bond acceptors (Lipinski definition) is 7. The third-order valence-electron chi connectivity index (χ3n) is 2.99. The van der Waals surface area contributed by atoms with Gasteiger partial charge in [0.2, 0.25) is 0 Å². The Hall–Kier alpha value is -3.43. The summed E-state index contributed by atoms with van der Waals surface area (Å²) in [4.78, 5) is 22.0. The van der Waals surface area contributed by atoms with Crippen molar-refractivity contribution in [3.05, 3.63) is 45.8 Å². The molecule has 10 nitrogen and oxygen atoms in total. The predicted molar refractivity (Wildman–Crippen MR) is 84.0 cm³/mol. The zero-order chi connectivity index (χ0) is 17.7. The molecular formula is C14H15N5O5. The number of carbonyl (C=O) groups excluding carboxylic acids is 1. The van der Waals surface area contributed by atoms with Gasteiger partial charge >= 0.3 is 0 Å². The van der Waals surface area contributed by atoms with Gasteiger partial charge in [-0.2, -0.15) is 10.2 Å². The number of non-ortho nitro benzene ring substituents is 1. The topological polar surface area (TPSA) is 132 Å². The SMILES string of the molecule is COc1cc([N+](=O)[O-])cc(/C=N\NC(=O)Cn2ccc(C)n2)c1O. The molecule has 0 saturated heterocycles. The van der Waals surface area contributed by atoms with Gasteiger partial charge in [0.25, 0.3) is 11.6 Å². The van der Waals surface area contributed by atoms with Gasteiger partial charge in [-0.3, -0.25) is 19.6 Å². The van der Waals surface area contributed by atoms with Crippen molar-refractivity contribution in [3.8, 4) is 11.5 Å². The molecule has 1 aromatic heterocycles. The van der Waals surface area contributed by atoms with Crippen LogP contribution < -0.4 is 10.2 Å². The highest BCUT2D eigenvalue weighted by atomic mass is 16.6. The van der Waals surface area contributed by atoms with Crippen LogP contribution in [0.4, 0.5) is 5.69 Å². The second-order valence-corrected chi connectivity index (χ2v) is 4.79. The molecule has 1 amide bonds. The molecule has 0 fully saturated rings. The molecule has 1 aromatic carbocycles. The Morgan fingerprint density at radius 1 is 1.58 bits per heavy atom. The highest BCUT2D eigenvalue weighted by Crippen LogP contribution is 2.33. The third-order valence-corrected chi connectivity index (χ3v) is 2.99. The van der Waals surface area contributed by atoms with Crippen molar-refractivity contribution < 1.29 is 19.6 Å². The van der Waals surface area contributed by atoms with Crippen LogP contribution in [0.2, 0.25) is 0 Å². The number of hydrazone groups is 1. The quantitative estimate of drug-likeness (QED) is 0.460. The standard InChI is InChI=1S/C14H15N5O5/c1-9-3-4-18(17-9)8-13(20)16-15-7-10-5-11(19(22)23)6-12(24-2)14(10)21/h3-7,21H,8H2,1-2H3,(H,16,20)/b15-7-. The van der Waals surface area contributed by atoms with Gasteiger partial charge in [-0.15, -0.1) is 0 Å². The molecule has 2 N–H and O–H groups in total. The van der Waals surface area contributed by atoms with E-state index in [1.807, 2.05) is 0 Å². The Balaban J connectivity index is 2.09. The molecule has 0 unspecified atom stereocenters. The summed E-state index contributed by atoms with van der Waals surface area (Å²) in [6, 6.07) is 3.96. The lowest BCUT2D eigenvalue weighted by atomic mass is 10.2. The summed E-state index contributed by atoms with van der Waals surface area (Å²) in [7, 11) is 1.27. The number of amides is 1. The van der Waals surface area contributed by atoms with Crippen LogP contribution in [0.3, 0.4) is 0 Å². The highest BCUT2D eigenvalue weighted by molar-refractivity contribution is 5.87. The molecule has 0 radical (unpaired) electrons. The molecule has 1 heterocycles. The first-order valence-electron chi connectivity index (χ1n) is 6.78. The van der Waals surface area contributed by atoms with Gasteiger partial charge in [0, 0.05) is 17.8 Å². The number of methoxy groups -OCH3 is 1. The third kappa shape index (κ3) is 4.06. The lowest BCUT2D eigenvalue weighted by molar-refractivity contribution is -0.385. The van der Waals surface area contributed by atoms with Crippen molar-refractivity contribution in [2.24, 2.45) is 5.10 Å². The van der Waals surface area contributed by atoms with Crippen molar-refractivity contribution >= 4 is 17.8 Å². The minimum atomic E-state index is -0.627. The number of aryl methyl sites for hydroxylation is 1. The summed E-state index contributed by atoms with van der Waals surface area (Å²) in [6.07, 6.45) is 2.74. The summed E-state index contributed by atoms with van der Waals surface area (Å²) in [5, 5.41) is 28.5. The Labute approximate surface area is 136 Å². The van der Waals surface area contributed by atoms with Crippen LogP contribution >= 0.6 is 0 Å². The first kappa shape index (κ1) is 16.9. The number of nitrogens with zero attached hydrogens (tertiary/aromatic N) is 4. The summed E-state index contributed by atoms with van der Waals surface area (Å²) in [6.45, 7) is 1.76. The van der Waals surface area contributed by atoms with Gasteiger partial charge in [0.1, 0.15) is 6.54 Å². The van der Waals surface area contributed by atoms with E-state index < -0.39 is 10.8 Å². The van der Waals surface area contributed by atoms with Crippen molar-refractivity contribution in [1.29, 1.82) is 0 Å². The van der Waals surface area contributed by atoms with E-state index in [1.54, 1.807) is 19.2 Å². The Bertz CT molecular complexity index is 799. The van der Waals surface area contributed by atoms with Crippen LogP contribution in [0.15, 0.2) is 29.5 Å². The van der Waals surface area contributed by atoms with E-state index in [1.165, 1.54) is 11.8 Å². The predicted octanol–water partition coefficient (Wildman–Crippen LogP) is 0.964. The van der Waals surface area contributed by atoms with Gasteiger partial charge in [-0.25, -0.2) is 5.43 Å². The maximum absolute atomic E-state index is 11.7. The first-order chi connectivity index (χ1) is 11.4. The number of phenols is 1. The Morgan fingerprint density at radius 2 is 2.33 bits per heavy atom. The minimum absolute atomic E-state index is 0.0323. The van der Waals surface area contributed by atoms with E-state index in [0.717, 1.165) is 24.0 Å². The van der Waals surface area contributed by atoms with Gasteiger partial charge in [0.05, 0.1) is 30.0 Å². The van der Waals surface area contributed by atoms with Crippen LogP contribution in [0.25, 0.3) is 0 Å². The molecule has 0 aliphatic rings. The molecule has 24 heavy (non-hydrogen) atoms. The molecule has 10 heteroatoms. The summed E-state index contributed by atoms with van der Waals surface area (Å²) < 4.78 is 6.31. The zero-order valence-corrected chi connectivity index (χ0v) is 13.0. The highest BCUT2D eigenvalue weighted by Gasteiger charge is 2.15. The lowest BCUT2D eigenvalue weighted by Gasteiger charge is -2.06. The number of benzene rings is 1. The molecule has 2 rings (SSSR count). The molecule has 0 bridgehead atoms. The van der Waals surface area contributed by atoms with Crippen molar-refractivity contribution in [2.45, 2.75) is 13.5 Å². The number of aromatic nitrogens is 2. The molecule has 0 aliphatic carbocycles. The normalized spacial score (nSPS) is 10.8. The molecule has 0 saturated carbocycles. The van der Waals surface area contributed by atoms with Crippen molar-refractivity contribution in [1.82, 2.24) is 15.2 Å². The van der Waals surface area contributed by atoms with Crippen LogP contribution in [0.5, 0.6) is 11.5 Å². The second kappa shape index (κ2) is 7.22. The lowest BCUT2D eigenvalue weighted by Crippen LogP contribution is -2.23. The first-order valence-corrected chi connectivity index (χ1v) is 6.78. The number of nitro groups is 1. The Morgan fingerprint density at radius 3 is 2.92 bits per heavy atom. The second-order valence-electron chi connectivity index (χ2n) is 4.79. The molecule has 0 atom stereocenters. The number of hydrogen-bond donors (Lipinski definition) is 2. The number of rotatable bonds is 6. The van der Waals surface area contributed by atoms with E-state index in [-0.39, 0.29) is 29.3 Å². The minimum Gasteiger partial charge on any atom is -0.504 e. The van der Waals surface area contributed by atoms with Crippen LogP contribution in [-0.2, 0) is 11.3 Å². The van der Waals surface area contributed by atoms with Gasteiger partial charge in [-0.05, 0) is 13.0 Å². The fourth-order valence-electron chi connectivity index (χ4n) is 1.88. The average molecular weight is 333 g/mol. The molecule has 126 valence electrons. The number of nitrogens with one attached hydrogen (secondary N) is 1. The molecule has 2 aromatic rings. The zero-order valence-electron chi connectivity index (χ0n) is 13.0. The van der Waals surface area contributed by atoms with E-state index in [2.05, 4.69) is 15.6 Å². The van der Waals surface area contributed by atoms with E-state index in [4.69, 9.17) is 4.74 Å². The fourth-order valence-corrected chi connectivity index (χ4v) is 1.88. The van der Waals surface area contributed by atoms with Crippen molar-refractivity contribution in [2.75, 3.05) is 7.11 Å². The van der Waals surface area contributed by atoms with Gasteiger partial charge in [-0.1, -0.05) is 0 Å². The number of aromatic hydroxyl groups is 1. The maximum atomic E-state index is 11.7. The smallest absolute Gasteiger partial charge is 0.274 e. The number of nitro benzene ring substituents is 1. The average Bonchev–Trinajstić information content (AvgIpc) is 2.93. The number of ether oxygens (including phenoxy) is 1. The summed E-state index contributed by atoms with van der Waals surface area (Å²) >= 11 is 0. The fraction of sp³-hybridized carbons (Fsp3) is 0.214. The summed E-state index contributed by atoms with van der Waals surface area (Å²) in [5.41, 5.74) is 2.79. The number of phenolic OH excluding ortho intramolecular Hbond substituents is 1. The maximum Gasteiger partial charge on any atom is 0.274 e. The van der Waals surface area contributed by atoms with Crippen molar-refractivity contribution in [3.63, 3.8) is 0 Å². The monoisotopic (exact) mass is 333 g/mol. The van der Waals surface area contributed by atoms with Crippen LogP contribution in [0.1, 0.15) is 11.3 Å². The van der Waals surface area contributed by atoms with E-state index in [0.29, 0.717) is 0 Å². The molecule has 0 spiro atoms.